The first kappa shape index (κ1) is 21.0. The van der Waals surface area contributed by atoms with E-state index in [1.54, 1.807) is 38.5 Å². The fourth-order valence-electron chi connectivity index (χ4n) is 2.94. The molecule has 8 heteroatoms. The van der Waals surface area contributed by atoms with Crippen LogP contribution < -0.4 is 25.6 Å². The molecule has 0 unspecified atom stereocenters. The lowest BCUT2D eigenvalue weighted by atomic mass is 9.79. The third-order valence-corrected chi connectivity index (χ3v) is 5.32. The van der Waals surface area contributed by atoms with Gasteiger partial charge in [0.2, 0.25) is 0 Å². The monoisotopic (exact) mass is 398 g/mol. The first-order chi connectivity index (χ1) is 13.6. The highest BCUT2D eigenvalue weighted by Gasteiger charge is 2.51. The fourth-order valence-corrected chi connectivity index (χ4v) is 2.94. The number of urea groups is 1. The van der Waals surface area contributed by atoms with Crippen molar-refractivity contribution in [3.05, 3.63) is 42.5 Å². The molecular weight excluding hydrogens is 371 g/mol. The lowest BCUT2D eigenvalue weighted by Gasteiger charge is -2.32. The summed E-state index contributed by atoms with van der Waals surface area (Å²) in [6, 6.07) is 12.2. The minimum Gasteiger partial charge on any atom is -0.497 e. The Bertz CT molecular complexity index is 884. The average molecular weight is 398 g/mol. The van der Waals surface area contributed by atoms with Crippen LogP contribution in [0.15, 0.2) is 42.5 Å². The number of methoxy groups -OCH3 is 2. The van der Waals surface area contributed by atoms with E-state index in [9.17, 15) is 4.79 Å². The first-order valence-electron chi connectivity index (χ1n) is 9.41. The summed E-state index contributed by atoms with van der Waals surface area (Å²) >= 11 is 0. The molecule has 2 aromatic carbocycles. The SMILES string of the molecule is COc1ccc(OC)c(NC(=O)Nc2cccc(B3OC(C)(C)C(C)(C)O3)c2)c1. The smallest absolute Gasteiger partial charge is 0.494 e. The highest BCUT2D eigenvalue weighted by atomic mass is 16.7. The van der Waals surface area contributed by atoms with Crippen LogP contribution in [0.25, 0.3) is 0 Å². The number of hydrogen-bond donors (Lipinski definition) is 2. The minimum atomic E-state index is -0.497. The van der Waals surface area contributed by atoms with Crippen molar-refractivity contribution in [2.45, 2.75) is 38.9 Å². The maximum atomic E-state index is 12.5. The summed E-state index contributed by atoms with van der Waals surface area (Å²) in [5.41, 5.74) is 1.10. The third-order valence-electron chi connectivity index (χ3n) is 5.32. The van der Waals surface area contributed by atoms with Gasteiger partial charge in [-0.1, -0.05) is 12.1 Å². The number of rotatable bonds is 5. The third kappa shape index (κ3) is 4.49. The Morgan fingerprint density at radius 2 is 1.62 bits per heavy atom. The van der Waals surface area contributed by atoms with Gasteiger partial charge in [-0.3, -0.25) is 0 Å². The molecule has 0 atom stereocenters. The van der Waals surface area contributed by atoms with Crippen LogP contribution in [0.2, 0.25) is 0 Å². The molecule has 1 saturated heterocycles. The van der Waals surface area contributed by atoms with Gasteiger partial charge in [0.15, 0.2) is 0 Å². The van der Waals surface area contributed by atoms with Gasteiger partial charge < -0.3 is 29.4 Å². The molecular formula is C21H27BN2O5. The summed E-state index contributed by atoms with van der Waals surface area (Å²) in [4.78, 5) is 12.5. The van der Waals surface area contributed by atoms with Crippen LogP contribution in [-0.4, -0.2) is 38.6 Å². The lowest BCUT2D eigenvalue weighted by molar-refractivity contribution is 0.00578. The highest BCUT2D eigenvalue weighted by molar-refractivity contribution is 6.62. The summed E-state index contributed by atoms with van der Waals surface area (Å²) in [7, 11) is 2.61. The molecule has 0 saturated carbocycles. The Morgan fingerprint density at radius 1 is 0.931 bits per heavy atom. The molecule has 0 aromatic heterocycles. The Kier molecular flexibility index (Phi) is 5.77. The zero-order chi connectivity index (χ0) is 21.2. The van der Waals surface area contributed by atoms with E-state index in [2.05, 4.69) is 10.6 Å². The zero-order valence-electron chi connectivity index (χ0n) is 17.7. The molecule has 2 N–H and O–H groups in total. The van der Waals surface area contributed by atoms with E-state index in [4.69, 9.17) is 18.8 Å². The first-order valence-corrected chi connectivity index (χ1v) is 9.41. The Labute approximate surface area is 171 Å². The van der Waals surface area contributed by atoms with Crippen molar-refractivity contribution in [1.82, 2.24) is 0 Å². The number of hydrogen-bond acceptors (Lipinski definition) is 5. The molecule has 7 nitrogen and oxygen atoms in total. The zero-order valence-corrected chi connectivity index (χ0v) is 17.7. The Balaban J connectivity index is 1.72. The van der Waals surface area contributed by atoms with E-state index in [0.29, 0.717) is 22.9 Å². The van der Waals surface area contributed by atoms with Crippen LogP contribution in [-0.2, 0) is 9.31 Å². The van der Waals surface area contributed by atoms with Crippen LogP contribution in [0.5, 0.6) is 11.5 Å². The molecule has 2 aromatic rings. The molecule has 3 rings (SSSR count). The maximum Gasteiger partial charge on any atom is 0.494 e. The second-order valence-electron chi connectivity index (χ2n) is 7.86. The second kappa shape index (κ2) is 7.97. The molecule has 0 radical (unpaired) electrons. The van der Waals surface area contributed by atoms with Gasteiger partial charge in [-0.2, -0.15) is 0 Å². The van der Waals surface area contributed by atoms with Crippen molar-refractivity contribution in [2.24, 2.45) is 0 Å². The van der Waals surface area contributed by atoms with Crippen molar-refractivity contribution in [1.29, 1.82) is 0 Å². The van der Waals surface area contributed by atoms with Gasteiger partial charge in [0.25, 0.3) is 0 Å². The van der Waals surface area contributed by atoms with Gasteiger partial charge in [-0.15, -0.1) is 0 Å². The van der Waals surface area contributed by atoms with Crippen LogP contribution in [0.3, 0.4) is 0 Å². The number of carbonyl (C=O) groups excluding carboxylic acids is 1. The fraction of sp³-hybridized carbons (Fsp3) is 0.381. The molecule has 1 fully saturated rings. The minimum absolute atomic E-state index is 0.400. The average Bonchev–Trinajstić information content (AvgIpc) is 2.89. The van der Waals surface area contributed by atoms with E-state index in [-0.39, 0.29) is 0 Å². The van der Waals surface area contributed by atoms with E-state index in [0.717, 1.165) is 5.46 Å². The molecule has 0 aliphatic carbocycles. The summed E-state index contributed by atoms with van der Waals surface area (Å²) < 4.78 is 22.7. The number of ether oxygens (including phenoxy) is 2. The van der Waals surface area contributed by atoms with Gasteiger partial charge in [-0.25, -0.2) is 4.79 Å². The normalized spacial score (nSPS) is 17.0. The number of amides is 2. The summed E-state index contributed by atoms with van der Waals surface area (Å²) in [6.45, 7) is 8.02. The van der Waals surface area contributed by atoms with Crippen molar-refractivity contribution in [3.8, 4) is 11.5 Å². The summed E-state index contributed by atoms with van der Waals surface area (Å²) in [5.74, 6) is 1.15. The van der Waals surface area contributed by atoms with Crippen molar-refractivity contribution in [2.75, 3.05) is 24.9 Å². The van der Waals surface area contributed by atoms with E-state index >= 15 is 0 Å². The predicted octanol–water partition coefficient (Wildman–Crippen LogP) is 3.65. The van der Waals surface area contributed by atoms with Crippen LogP contribution in [0.4, 0.5) is 16.2 Å². The maximum absolute atomic E-state index is 12.5. The van der Waals surface area contributed by atoms with E-state index in [1.165, 1.54) is 0 Å². The van der Waals surface area contributed by atoms with Gasteiger partial charge in [0.05, 0.1) is 31.1 Å². The molecule has 2 amide bonds. The van der Waals surface area contributed by atoms with Gasteiger partial charge in [0, 0.05) is 11.8 Å². The number of anilines is 2. The lowest BCUT2D eigenvalue weighted by Crippen LogP contribution is -2.41. The van der Waals surface area contributed by atoms with Gasteiger partial charge in [-0.05, 0) is 57.4 Å². The molecule has 154 valence electrons. The van der Waals surface area contributed by atoms with E-state index in [1.807, 2.05) is 45.9 Å². The quantitative estimate of drug-likeness (QED) is 0.752. The second-order valence-corrected chi connectivity index (χ2v) is 7.86. The van der Waals surface area contributed by atoms with E-state index < -0.39 is 24.4 Å². The van der Waals surface area contributed by atoms with Crippen molar-refractivity contribution < 1.29 is 23.6 Å². The van der Waals surface area contributed by atoms with Crippen LogP contribution in [0.1, 0.15) is 27.7 Å². The molecule has 0 spiro atoms. The molecule has 1 aliphatic rings. The topological polar surface area (TPSA) is 78.1 Å². The van der Waals surface area contributed by atoms with Crippen molar-refractivity contribution in [3.63, 3.8) is 0 Å². The predicted molar refractivity (Wildman–Crippen MR) is 114 cm³/mol. The van der Waals surface area contributed by atoms with Crippen molar-refractivity contribution >= 4 is 30.0 Å². The highest BCUT2D eigenvalue weighted by Crippen LogP contribution is 2.36. The number of carbonyl (C=O) groups is 1. The number of benzene rings is 2. The molecule has 29 heavy (non-hydrogen) atoms. The Morgan fingerprint density at radius 3 is 2.24 bits per heavy atom. The van der Waals surface area contributed by atoms with Crippen LogP contribution in [0, 0.1) is 0 Å². The summed E-state index contributed by atoms with van der Waals surface area (Å²) in [5, 5.41) is 5.61. The van der Waals surface area contributed by atoms with Crippen LogP contribution >= 0.6 is 0 Å². The van der Waals surface area contributed by atoms with Gasteiger partial charge in [0.1, 0.15) is 11.5 Å². The largest absolute Gasteiger partial charge is 0.497 e. The number of nitrogens with one attached hydrogen (secondary N) is 2. The Hall–Kier alpha value is -2.71. The van der Waals surface area contributed by atoms with Gasteiger partial charge >= 0.3 is 13.1 Å². The summed E-state index contributed by atoms with van der Waals surface area (Å²) in [6.07, 6.45) is 0. The standard InChI is InChI=1S/C21H27BN2O5/c1-20(2)21(3,4)29-22(28-20)14-8-7-9-15(12-14)23-19(25)24-17-13-16(26-5)10-11-18(17)27-6/h7-13H,1-6H3,(H2,23,24,25). The molecule has 1 aliphatic heterocycles. The molecule has 0 bridgehead atoms. The molecule has 1 heterocycles.